The Labute approximate surface area is 184 Å². The van der Waals surface area contributed by atoms with Gasteiger partial charge in [0.05, 0.1) is 31.9 Å². The van der Waals surface area contributed by atoms with Crippen molar-refractivity contribution in [1.82, 2.24) is 5.32 Å². The van der Waals surface area contributed by atoms with Crippen LogP contribution in [-0.2, 0) is 14.3 Å². The molecule has 166 valence electrons. The lowest BCUT2D eigenvalue weighted by Crippen LogP contribution is -2.40. The second-order valence-corrected chi connectivity index (χ2v) is 6.65. The lowest BCUT2D eigenvalue weighted by Gasteiger charge is -2.15. The van der Waals surface area contributed by atoms with Crippen molar-refractivity contribution in [2.24, 2.45) is 0 Å². The fourth-order valence-corrected chi connectivity index (χ4v) is 2.81. The molecule has 0 saturated carbocycles. The van der Waals surface area contributed by atoms with Crippen molar-refractivity contribution in [2.45, 2.75) is 13.0 Å². The fourth-order valence-electron chi connectivity index (χ4n) is 2.59. The first-order valence-electron chi connectivity index (χ1n) is 9.12. The van der Waals surface area contributed by atoms with Crippen LogP contribution in [0.5, 0.6) is 17.2 Å². The van der Waals surface area contributed by atoms with Crippen LogP contribution in [0, 0.1) is 0 Å². The molecule has 0 saturated heterocycles. The van der Waals surface area contributed by atoms with E-state index in [1.165, 1.54) is 46.5 Å². The highest BCUT2D eigenvalue weighted by molar-refractivity contribution is 6.33. The molecule has 2 amide bonds. The molecule has 1 unspecified atom stereocenters. The summed E-state index contributed by atoms with van der Waals surface area (Å²) in [4.78, 5) is 36.5. The highest BCUT2D eigenvalue weighted by Gasteiger charge is 2.21. The first-order chi connectivity index (χ1) is 14.8. The minimum absolute atomic E-state index is 0.226. The second kappa shape index (κ2) is 11.1. The monoisotopic (exact) mass is 450 g/mol. The molecule has 2 aromatic carbocycles. The van der Waals surface area contributed by atoms with Crippen LogP contribution in [0.2, 0.25) is 5.02 Å². The molecule has 0 radical (unpaired) electrons. The topological polar surface area (TPSA) is 112 Å². The molecule has 0 aliphatic rings. The largest absolute Gasteiger partial charge is 0.493 e. The molecule has 1 atom stereocenters. The van der Waals surface area contributed by atoms with Gasteiger partial charge in [-0.15, -0.1) is 0 Å². The van der Waals surface area contributed by atoms with E-state index in [-0.39, 0.29) is 10.6 Å². The Morgan fingerprint density at radius 3 is 2.16 bits per heavy atom. The van der Waals surface area contributed by atoms with Gasteiger partial charge in [-0.3, -0.25) is 9.59 Å². The van der Waals surface area contributed by atoms with Gasteiger partial charge in [0.2, 0.25) is 5.75 Å². The molecule has 0 spiro atoms. The maximum Gasteiger partial charge on any atom is 0.328 e. The van der Waals surface area contributed by atoms with E-state index in [1.807, 2.05) is 0 Å². The summed E-state index contributed by atoms with van der Waals surface area (Å²) in [6.07, 6.45) is 0. The number of nitrogens with one attached hydrogen (secondary N) is 2. The van der Waals surface area contributed by atoms with Gasteiger partial charge in [0.15, 0.2) is 18.1 Å². The number of carbonyl (C=O) groups is 3. The van der Waals surface area contributed by atoms with Crippen molar-refractivity contribution in [3.8, 4) is 17.2 Å². The molecular weight excluding hydrogens is 428 g/mol. The van der Waals surface area contributed by atoms with Gasteiger partial charge in [0.25, 0.3) is 11.8 Å². The predicted molar refractivity (Wildman–Crippen MR) is 114 cm³/mol. The molecule has 10 heteroatoms. The molecule has 0 aliphatic carbocycles. The van der Waals surface area contributed by atoms with E-state index < -0.39 is 30.4 Å². The smallest absolute Gasteiger partial charge is 0.328 e. The average molecular weight is 451 g/mol. The normalized spacial score (nSPS) is 11.1. The molecule has 2 N–H and O–H groups in total. The number of methoxy groups -OCH3 is 3. The Morgan fingerprint density at radius 2 is 1.61 bits per heavy atom. The first kappa shape index (κ1) is 23.8. The molecule has 2 aromatic rings. The van der Waals surface area contributed by atoms with Gasteiger partial charge in [-0.1, -0.05) is 23.7 Å². The van der Waals surface area contributed by atoms with Gasteiger partial charge in [0, 0.05) is 17.8 Å². The lowest BCUT2D eigenvalue weighted by molar-refractivity contribution is -0.148. The summed E-state index contributed by atoms with van der Waals surface area (Å²) in [6, 6.07) is 8.51. The molecule has 0 aromatic heterocycles. The molecule has 0 heterocycles. The van der Waals surface area contributed by atoms with Crippen LogP contribution in [-0.4, -0.2) is 51.8 Å². The summed E-state index contributed by atoms with van der Waals surface area (Å²) in [7, 11) is 4.36. The molecule has 0 aliphatic heterocycles. The summed E-state index contributed by atoms with van der Waals surface area (Å²) in [5.41, 5.74) is 0.583. The van der Waals surface area contributed by atoms with Crippen LogP contribution in [0.3, 0.4) is 0 Å². The van der Waals surface area contributed by atoms with Crippen molar-refractivity contribution < 1.29 is 33.3 Å². The van der Waals surface area contributed by atoms with Gasteiger partial charge in [0.1, 0.15) is 6.04 Å². The average Bonchev–Trinajstić information content (AvgIpc) is 2.76. The van der Waals surface area contributed by atoms with Crippen molar-refractivity contribution >= 4 is 35.1 Å². The Bertz CT molecular complexity index is 939. The zero-order valence-electron chi connectivity index (χ0n) is 17.5. The second-order valence-electron chi connectivity index (χ2n) is 6.24. The highest BCUT2D eigenvalue weighted by Crippen LogP contribution is 2.39. The van der Waals surface area contributed by atoms with Crippen LogP contribution >= 0.6 is 11.6 Å². The van der Waals surface area contributed by atoms with E-state index in [0.717, 1.165) is 0 Å². The minimum atomic E-state index is -0.988. The van der Waals surface area contributed by atoms with Crippen LogP contribution < -0.4 is 24.8 Å². The Balaban J connectivity index is 1.93. The minimum Gasteiger partial charge on any atom is -0.493 e. The number of rotatable bonds is 9. The van der Waals surface area contributed by atoms with E-state index in [2.05, 4.69) is 10.6 Å². The Hall–Kier alpha value is -3.46. The van der Waals surface area contributed by atoms with Gasteiger partial charge in [-0.2, -0.15) is 0 Å². The zero-order chi connectivity index (χ0) is 23.0. The summed E-state index contributed by atoms with van der Waals surface area (Å²) >= 11 is 5.97. The number of amides is 2. The molecule has 31 heavy (non-hydrogen) atoms. The van der Waals surface area contributed by atoms with E-state index in [1.54, 1.807) is 18.2 Å². The SMILES string of the molecule is COc1cc(NC(=O)COC(=O)C(C)NC(=O)c2ccccc2Cl)cc(OC)c1OC. The van der Waals surface area contributed by atoms with Crippen molar-refractivity contribution in [3.63, 3.8) is 0 Å². The third kappa shape index (κ3) is 6.26. The summed E-state index contributed by atoms with van der Waals surface area (Å²) in [6.45, 7) is 0.885. The summed E-state index contributed by atoms with van der Waals surface area (Å²) in [5, 5.41) is 5.31. The standard InChI is InChI=1S/C21H23ClN2O7/c1-12(23-20(26)14-7-5-6-8-15(14)22)21(27)31-11-18(25)24-13-9-16(28-2)19(30-4)17(10-13)29-3/h5-10,12H,11H2,1-4H3,(H,23,26)(H,24,25). The van der Waals surface area contributed by atoms with E-state index >= 15 is 0 Å². The quantitative estimate of drug-likeness (QED) is 0.565. The maximum absolute atomic E-state index is 12.2. The van der Waals surface area contributed by atoms with E-state index in [4.69, 9.17) is 30.5 Å². The Kier molecular flexibility index (Phi) is 8.51. The van der Waals surface area contributed by atoms with Gasteiger partial charge < -0.3 is 29.6 Å². The predicted octanol–water partition coefficient (Wildman–Crippen LogP) is 2.67. The fraction of sp³-hybridized carbons (Fsp3) is 0.286. The van der Waals surface area contributed by atoms with Gasteiger partial charge in [-0.05, 0) is 19.1 Å². The van der Waals surface area contributed by atoms with Crippen LogP contribution in [0.25, 0.3) is 0 Å². The zero-order valence-corrected chi connectivity index (χ0v) is 18.2. The maximum atomic E-state index is 12.2. The lowest BCUT2D eigenvalue weighted by atomic mass is 10.2. The molecular formula is C21H23ClN2O7. The van der Waals surface area contributed by atoms with Gasteiger partial charge >= 0.3 is 5.97 Å². The highest BCUT2D eigenvalue weighted by atomic mass is 35.5. The summed E-state index contributed by atoms with van der Waals surface area (Å²) < 4.78 is 20.6. The summed E-state index contributed by atoms with van der Waals surface area (Å²) in [5.74, 6) is -0.822. The number of halogens is 1. The third-order valence-corrected chi connectivity index (χ3v) is 4.44. The van der Waals surface area contributed by atoms with Gasteiger partial charge in [-0.25, -0.2) is 4.79 Å². The molecule has 9 nitrogen and oxygen atoms in total. The number of ether oxygens (including phenoxy) is 4. The number of anilines is 1. The van der Waals surface area contributed by atoms with Crippen LogP contribution in [0.4, 0.5) is 5.69 Å². The third-order valence-electron chi connectivity index (χ3n) is 4.11. The molecule has 0 bridgehead atoms. The molecule has 2 rings (SSSR count). The number of benzene rings is 2. The van der Waals surface area contributed by atoms with E-state index in [9.17, 15) is 14.4 Å². The molecule has 0 fully saturated rings. The van der Waals surface area contributed by atoms with Crippen molar-refractivity contribution in [2.75, 3.05) is 33.3 Å². The van der Waals surface area contributed by atoms with Crippen molar-refractivity contribution in [1.29, 1.82) is 0 Å². The van der Waals surface area contributed by atoms with Crippen molar-refractivity contribution in [3.05, 3.63) is 47.0 Å². The number of esters is 1. The van der Waals surface area contributed by atoms with Crippen LogP contribution in [0.1, 0.15) is 17.3 Å². The number of carbonyl (C=O) groups excluding carboxylic acids is 3. The number of hydrogen-bond donors (Lipinski definition) is 2. The first-order valence-corrected chi connectivity index (χ1v) is 9.50. The number of hydrogen-bond acceptors (Lipinski definition) is 7. The van der Waals surface area contributed by atoms with Crippen LogP contribution in [0.15, 0.2) is 36.4 Å². The Morgan fingerprint density at radius 1 is 1.00 bits per heavy atom. The van der Waals surface area contributed by atoms with E-state index in [0.29, 0.717) is 22.9 Å².